The molecule has 7 fully saturated rings. The van der Waals surface area contributed by atoms with Gasteiger partial charge in [0.2, 0.25) is 0 Å². The lowest BCUT2D eigenvalue weighted by Crippen LogP contribution is -2.60. The number of ether oxygens (including phenoxy) is 3. The molecule has 0 aromatic carbocycles. The summed E-state index contributed by atoms with van der Waals surface area (Å²) in [7, 11) is 1.93. The van der Waals surface area contributed by atoms with Crippen LogP contribution in [0.1, 0.15) is 79.1 Å². The first-order valence-electron chi connectivity index (χ1n) is 13.7. The van der Waals surface area contributed by atoms with Crippen LogP contribution in [0.15, 0.2) is 0 Å². The second kappa shape index (κ2) is 6.33. The molecule has 180 valence electrons. The zero-order valence-electron chi connectivity index (χ0n) is 20.8. The van der Waals surface area contributed by atoms with Gasteiger partial charge in [-0.25, -0.2) is 0 Å². The van der Waals surface area contributed by atoms with Crippen LogP contribution in [-0.2, 0) is 14.2 Å². The molecule has 0 bridgehead atoms. The smallest absolute Gasteiger partial charge is 0.171 e. The number of aliphatic hydroxyl groups excluding tert-OH is 1. The van der Waals surface area contributed by atoms with Crippen LogP contribution in [0.25, 0.3) is 0 Å². The monoisotopic (exact) mass is 444 g/mol. The van der Waals surface area contributed by atoms with Gasteiger partial charge in [0.1, 0.15) is 0 Å². The van der Waals surface area contributed by atoms with Crippen LogP contribution >= 0.6 is 0 Å². The van der Waals surface area contributed by atoms with E-state index in [4.69, 9.17) is 14.2 Å². The lowest BCUT2D eigenvalue weighted by Gasteiger charge is -2.61. The molecule has 0 amide bonds. The molecule has 1 N–H and O–H groups in total. The van der Waals surface area contributed by atoms with E-state index in [2.05, 4.69) is 27.7 Å². The highest BCUT2D eigenvalue weighted by atomic mass is 16.7. The third-order valence-electron chi connectivity index (χ3n) is 13.2. The average Bonchev–Trinajstić information content (AvgIpc) is 3.20. The summed E-state index contributed by atoms with van der Waals surface area (Å²) in [5.41, 5.74) is 0.620. The molecule has 7 rings (SSSR count). The second-order valence-corrected chi connectivity index (χ2v) is 13.8. The maximum Gasteiger partial charge on any atom is 0.171 e. The zero-order valence-corrected chi connectivity index (χ0v) is 20.8. The number of hydrogen-bond acceptors (Lipinski definition) is 4. The van der Waals surface area contributed by atoms with Gasteiger partial charge in [-0.05, 0) is 85.9 Å². The topological polar surface area (TPSA) is 47.9 Å². The minimum absolute atomic E-state index is 0.0383. The van der Waals surface area contributed by atoms with Crippen molar-refractivity contribution in [2.75, 3.05) is 13.7 Å². The Balaban J connectivity index is 1.22. The number of rotatable bonds is 1. The highest BCUT2D eigenvalue weighted by Gasteiger charge is 2.81. The van der Waals surface area contributed by atoms with E-state index in [0.29, 0.717) is 59.0 Å². The lowest BCUT2D eigenvalue weighted by atomic mass is 9.44. The van der Waals surface area contributed by atoms with Crippen molar-refractivity contribution in [2.45, 2.75) is 103 Å². The fraction of sp³-hybridized carbons (Fsp3) is 1.00. The molecular weight excluding hydrogens is 400 g/mol. The Morgan fingerprint density at radius 2 is 1.81 bits per heavy atom. The fourth-order valence-corrected chi connectivity index (χ4v) is 11.6. The van der Waals surface area contributed by atoms with E-state index in [1.54, 1.807) is 0 Å². The molecule has 14 atom stereocenters. The van der Waals surface area contributed by atoms with Crippen LogP contribution in [-0.4, -0.2) is 42.9 Å². The second-order valence-electron chi connectivity index (χ2n) is 13.8. The minimum Gasteiger partial charge on any atom is -0.393 e. The molecule has 2 spiro atoms. The van der Waals surface area contributed by atoms with E-state index in [0.717, 1.165) is 19.4 Å². The Morgan fingerprint density at radius 3 is 2.53 bits per heavy atom. The molecule has 2 aliphatic heterocycles. The first-order valence-corrected chi connectivity index (χ1v) is 13.7. The van der Waals surface area contributed by atoms with E-state index in [9.17, 15) is 5.11 Å². The van der Waals surface area contributed by atoms with Crippen molar-refractivity contribution in [2.24, 2.45) is 57.7 Å². The summed E-state index contributed by atoms with van der Waals surface area (Å²) in [6, 6.07) is 0. The summed E-state index contributed by atoms with van der Waals surface area (Å²) < 4.78 is 19.7. The molecule has 7 aliphatic rings. The van der Waals surface area contributed by atoms with Gasteiger partial charge in [-0.15, -0.1) is 0 Å². The number of hydrogen-bond donors (Lipinski definition) is 1. The van der Waals surface area contributed by atoms with Gasteiger partial charge in [0, 0.05) is 30.3 Å². The van der Waals surface area contributed by atoms with Crippen LogP contribution in [0.3, 0.4) is 0 Å². The first-order chi connectivity index (χ1) is 15.2. The number of fused-ring (bicyclic) bond motifs is 6. The van der Waals surface area contributed by atoms with Crippen molar-refractivity contribution < 1.29 is 19.3 Å². The van der Waals surface area contributed by atoms with Crippen molar-refractivity contribution in [3.63, 3.8) is 0 Å². The highest BCUT2D eigenvalue weighted by molar-refractivity contribution is 5.29. The maximum atomic E-state index is 11.3. The first kappa shape index (κ1) is 21.1. The fourth-order valence-electron chi connectivity index (χ4n) is 11.6. The molecule has 2 saturated heterocycles. The van der Waals surface area contributed by atoms with Gasteiger partial charge in [0.15, 0.2) is 5.79 Å². The molecule has 4 heteroatoms. The van der Waals surface area contributed by atoms with Crippen LogP contribution < -0.4 is 0 Å². The Labute approximate surface area is 194 Å². The molecular formula is C28H44O4. The third-order valence-corrected chi connectivity index (χ3v) is 13.2. The van der Waals surface area contributed by atoms with Gasteiger partial charge >= 0.3 is 0 Å². The number of aliphatic hydroxyl groups is 1. The molecule has 0 aromatic heterocycles. The molecule has 5 saturated carbocycles. The lowest BCUT2D eigenvalue weighted by molar-refractivity contribution is -0.273. The van der Waals surface area contributed by atoms with Crippen molar-refractivity contribution >= 4 is 0 Å². The Bertz CT molecular complexity index is 805. The largest absolute Gasteiger partial charge is 0.393 e. The Hall–Kier alpha value is -0.160. The van der Waals surface area contributed by atoms with Gasteiger partial charge < -0.3 is 19.3 Å². The van der Waals surface area contributed by atoms with Gasteiger partial charge in [-0.2, -0.15) is 0 Å². The molecule has 32 heavy (non-hydrogen) atoms. The summed E-state index contributed by atoms with van der Waals surface area (Å²) in [5.74, 6) is 4.09. The van der Waals surface area contributed by atoms with Crippen LogP contribution in [0.4, 0.5) is 0 Å². The molecule has 0 aromatic rings. The Morgan fingerprint density at radius 1 is 1.00 bits per heavy atom. The highest BCUT2D eigenvalue weighted by Crippen LogP contribution is 2.82. The van der Waals surface area contributed by atoms with E-state index >= 15 is 0 Å². The van der Waals surface area contributed by atoms with Crippen LogP contribution in [0.2, 0.25) is 0 Å². The van der Waals surface area contributed by atoms with Gasteiger partial charge in [0.25, 0.3) is 0 Å². The summed E-state index contributed by atoms with van der Waals surface area (Å²) in [6.07, 6.45) is 10.1. The molecule has 2 heterocycles. The van der Waals surface area contributed by atoms with Gasteiger partial charge in [-0.1, -0.05) is 27.7 Å². The quantitative estimate of drug-likeness (QED) is 0.616. The van der Waals surface area contributed by atoms with Gasteiger partial charge in [-0.3, -0.25) is 0 Å². The normalized spacial score (nSPS) is 66.9. The van der Waals surface area contributed by atoms with E-state index < -0.39 is 0 Å². The summed E-state index contributed by atoms with van der Waals surface area (Å²) in [5, 5.41) is 11.3. The molecule has 4 nitrogen and oxygen atoms in total. The maximum absolute atomic E-state index is 11.3. The average molecular weight is 445 g/mol. The summed E-state index contributed by atoms with van der Waals surface area (Å²) >= 11 is 0. The number of methoxy groups -OCH3 is 1. The van der Waals surface area contributed by atoms with Crippen molar-refractivity contribution in [3.8, 4) is 0 Å². The predicted octanol–water partition coefficient (Wildman–Crippen LogP) is 5.03. The molecule has 0 radical (unpaired) electrons. The van der Waals surface area contributed by atoms with E-state index in [1.165, 1.54) is 38.5 Å². The summed E-state index contributed by atoms with van der Waals surface area (Å²) in [6.45, 7) is 10.6. The predicted molar refractivity (Wildman–Crippen MR) is 122 cm³/mol. The molecule has 1 unspecified atom stereocenters. The van der Waals surface area contributed by atoms with Crippen LogP contribution in [0, 0.1) is 57.7 Å². The third kappa shape index (κ3) is 2.17. The van der Waals surface area contributed by atoms with Crippen LogP contribution in [0.5, 0.6) is 0 Å². The van der Waals surface area contributed by atoms with Gasteiger partial charge in [0.05, 0.1) is 24.9 Å². The van der Waals surface area contributed by atoms with Crippen molar-refractivity contribution in [1.29, 1.82) is 0 Å². The SMILES string of the molecule is CO[C@@H]1C[C@H]2[C@@H]3C[C@@H]4O[C@]5(CCC(C)CO5)[C@@H](C)[C@@H]4[C@@]3(C)CC[C@@H]2[C@@]2(C)[C@H](O)C[C@@H]3C[C@]312. The Kier molecular flexibility index (Phi) is 4.19. The zero-order chi connectivity index (χ0) is 22.3. The minimum atomic E-state index is -0.326. The van der Waals surface area contributed by atoms with E-state index in [-0.39, 0.29) is 22.7 Å². The van der Waals surface area contributed by atoms with E-state index in [1.807, 2.05) is 7.11 Å². The van der Waals surface area contributed by atoms with Crippen molar-refractivity contribution in [1.82, 2.24) is 0 Å². The standard InChI is InChI=1S/C28H44O4/c1-15-6-9-28(31-14-15)16(2)24-21(32-28)12-20-18-11-23(30-5)27-13-17(27)10-22(29)26(27,4)19(18)7-8-25(20,24)3/h15-24,29H,6-14H2,1-5H3/t15?,16-,17+,18+,19-,20-,21-,22+,23+,24-,25-,26-,27-,28+/m0/s1. The summed E-state index contributed by atoms with van der Waals surface area (Å²) in [4.78, 5) is 0. The van der Waals surface area contributed by atoms with Crippen molar-refractivity contribution in [3.05, 3.63) is 0 Å². The molecule has 5 aliphatic carbocycles.